The van der Waals surface area contributed by atoms with Gasteiger partial charge in [0.25, 0.3) is 0 Å². The molecule has 96 valence electrons. The number of anilines is 1. The minimum absolute atomic E-state index is 0.468. The van der Waals surface area contributed by atoms with Crippen molar-refractivity contribution in [3.63, 3.8) is 0 Å². The lowest BCUT2D eigenvalue weighted by atomic mass is 9.93. The van der Waals surface area contributed by atoms with Crippen LogP contribution < -0.4 is 5.32 Å². The van der Waals surface area contributed by atoms with Gasteiger partial charge >= 0.3 is 0 Å². The Morgan fingerprint density at radius 2 is 2.00 bits per heavy atom. The van der Waals surface area contributed by atoms with Crippen molar-refractivity contribution < 1.29 is 4.74 Å². The number of aromatic amines is 1. The lowest BCUT2D eigenvalue weighted by molar-refractivity contribution is 0.0682. The van der Waals surface area contributed by atoms with E-state index in [1.165, 1.54) is 42.3 Å². The Labute approximate surface area is 108 Å². The van der Waals surface area contributed by atoms with Crippen LogP contribution in [-0.4, -0.2) is 24.2 Å². The maximum absolute atomic E-state index is 5.40. The van der Waals surface area contributed by atoms with Crippen LogP contribution in [0.1, 0.15) is 25.7 Å². The molecule has 0 atom stereocenters. The van der Waals surface area contributed by atoms with Crippen LogP contribution in [0.5, 0.6) is 0 Å². The second-order valence-electron chi connectivity index (χ2n) is 5.13. The fraction of sp³-hybridized carbons (Fsp3) is 0.467. The molecule has 2 aromatic rings. The van der Waals surface area contributed by atoms with Crippen molar-refractivity contribution in [3.05, 3.63) is 30.5 Å². The second kappa shape index (κ2) is 5.02. The summed E-state index contributed by atoms with van der Waals surface area (Å²) in [4.78, 5) is 3.22. The number of benzene rings is 1. The minimum Gasteiger partial charge on any atom is -0.382 e. The molecule has 1 fully saturated rings. The maximum atomic E-state index is 5.40. The summed E-state index contributed by atoms with van der Waals surface area (Å²) in [6.45, 7) is 0. The molecule has 18 heavy (non-hydrogen) atoms. The molecule has 0 amide bonds. The van der Waals surface area contributed by atoms with Crippen molar-refractivity contribution in [2.24, 2.45) is 0 Å². The summed E-state index contributed by atoms with van der Waals surface area (Å²) in [5.74, 6) is 0. The van der Waals surface area contributed by atoms with Crippen LogP contribution in [-0.2, 0) is 4.74 Å². The standard InChI is InChI=1S/C15H20N2O/c1-18-14-5-2-12(3-6-14)17-13-4-7-15-11(10-13)8-9-16-15/h4,7-10,12,14,16-17H,2-3,5-6H2,1H3. The number of nitrogens with one attached hydrogen (secondary N) is 2. The second-order valence-corrected chi connectivity index (χ2v) is 5.13. The number of H-pyrrole nitrogens is 1. The van der Waals surface area contributed by atoms with Crippen molar-refractivity contribution in [2.45, 2.75) is 37.8 Å². The molecule has 1 aromatic carbocycles. The fourth-order valence-corrected chi connectivity index (χ4v) is 2.82. The summed E-state index contributed by atoms with van der Waals surface area (Å²) in [6, 6.07) is 9.21. The number of rotatable bonds is 3. The summed E-state index contributed by atoms with van der Waals surface area (Å²) in [5, 5.41) is 4.91. The molecule has 1 heterocycles. The zero-order valence-electron chi connectivity index (χ0n) is 10.8. The first-order chi connectivity index (χ1) is 8.85. The van der Waals surface area contributed by atoms with E-state index in [0.717, 1.165) is 0 Å². The van der Waals surface area contributed by atoms with Crippen LogP contribution in [0.3, 0.4) is 0 Å². The number of methoxy groups -OCH3 is 1. The normalized spacial score (nSPS) is 24.3. The Morgan fingerprint density at radius 3 is 2.78 bits per heavy atom. The molecule has 1 saturated carbocycles. The van der Waals surface area contributed by atoms with Gasteiger partial charge in [0.2, 0.25) is 0 Å². The van der Waals surface area contributed by atoms with Crippen LogP contribution in [0.2, 0.25) is 0 Å². The van der Waals surface area contributed by atoms with E-state index < -0.39 is 0 Å². The Kier molecular flexibility index (Phi) is 3.24. The molecular weight excluding hydrogens is 224 g/mol. The van der Waals surface area contributed by atoms with Crippen molar-refractivity contribution >= 4 is 16.6 Å². The van der Waals surface area contributed by atoms with Crippen molar-refractivity contribution in [2.75, 3.05) is 12.4 Å². The molecule has 3 heteroatoms. The molecule has 0 unspecified atom stereocenters. The highest BCUT2D eigenvalue weighted by atomic mass is 16.5. The molecule has 0 bridgehead atoms. The monoisotopic (exact) mass is 244 g/mol. The van der Waals surface area contributed by atoms with Gasteiger partial charge in [-0.25, -0.2) is 0 Å². The largest absolute Gasteiger partial charge is 0.382 e. The first-order valence-electron chi connectivity index (χ1n) is 6.71. The zero-order chi connectivity index (χ0) is 12.4. The van der Waals surface area contributed by atoms with Gasteiger partial charge in [0.1, 0.15) is 0 Å². The highest BCUT2D eigenvalue weighted by Crippen LogP contribution is 2.25. The van der Waals surface area contributed by atoms with Crippen LogP contribution in [0.4, 0.5) is 5.69 Å². The minimum atomic E-state index is 0.468. The Balaban J connectivity index is 1.65. The Bertz CT molecular complexity index is 512. The SMILES string of the molecule is COC1CCC(Nc2ccc3[nH]ccc3c2)CC1. The van der Waals surface area contributed by atoms with Crippen LogP contribution in [0.15, 0.2) is 30.5 Å². The molecule has 0 spiro atoms. The molecule has 0 saturated heterocycles. The highest BCUT2D eigenvalue weighted by Gasteiger charge is 2.20. The summed E-state index contributed by atoms with van der Waals surface area (Å²) < 4.78 is 5.40. The highest BCUT2D eigenvalue weighted by molar-refractivity contribution is 5.83. The van der Waals surface area contributed by atoms with Gasteiger partial charge in [0.05, 0.1) is 6.10 Å². The van der Waals surface area contributed by atoms with Gasteiger partial charge in [0.15, 0.2) is 0 Å². The average Bonchev–Trinajstić information content (AvgIpc) is 2.87. The number of fused-ring (bicyclic) bond motifs is 1. The molecule has 0 radical (unpaired) electrons. The fourth-order valence-electron chi connectivity index (χ4n) is 2.82. The molecule has 3 rings (SSSR count). The summed E-state index contributed by atoms with van der Waals surface area (Å²) in [7, 11) is 1.82. The van der Waals surface area contributed by atoms with E-state index in [4.69, 9.17) is 4.74 Å². The van der Waals surface area contributed by atoms with Crippen LogP contribution >= 0.6 is 0 Å². The number of hydrogen-bond donors (Lipinski definition) is 2. The van der Waals surface area contributed by atoms with E-state index in [9.17, 15) is 0 Å². The van der Waals surface area contributed by atoms with Crippen molar-refractivity contribution in [1.82, 2.24) is 4.98 Å². The quantitative estimate of drug-likeness (QED) is 0.866. The zero-order valence-corrected chi connectivity index (χ0v) is 10.8. The number of aromatic nitrogens is 1. The molecular formula is C15H20N2O. The van der Waals surface area contributed by atoms with Gasteiger partial charge in [-0.15, -0.1) is 0 Å². The summed E-state index contributed by atoms with van der Waals surface area (Å²) in [6.07, 6.45) is 7.18. The predicted octanol–water partition coefficient (Wildman–Crippen LogP) is 3.54. The van der Waals surface area contributed by atoms with E-state index in [2.05, 4.69) is 34.6 Å². The van der Waals surface area contributed by atoms with Crippen molar-refractivity contribution in [1.29, 1.82) is 0 Å². The molecule has 1 aliphatic rings. The van der Waals surface area contributed by atoms with E-state index in [0.29, 0.717) is 12.1 Å². The van der Waals surface area contributed by atoms with Gasteiger partial charge < -0.3 is 15.0 Å². The van der Waals surface area contributed by atoms with E-state index in [1.54, 1.807) is 0 Å². The van der Waals surface area contributed by atoms with E-state index in [1.807, 2.05) is 13.3 Å². The molecule has 0 aliphatic heterocycles. The van der Waals surface area contributed by atoms with E-state index >= 15 is 0 Å². The first-order valence-corrected chi connectivity index (χ1v) is 6.71. The smallest absolute Gasteiger partial charge is 0.0572 e. The third-order valence-electron chi connectivity index (χ3n) is 3.93. The summed E-state index contributed by atoms with van der Waals surface area (Å²) in [5.41, 5.74) is 2.42. The maximum Gasteiger partial charge on any atom is 0.0572 e. The average molecular weight is 244 g/mol. The van der Waals surface area contributed by atoms with Gasteiger partial charge in [-0.1, -0.05) is 0 Å². The number of hydrogen-bond acceptors (Lipinski definition) is 2. The third kappa shape index (κ3) is 2.36. The van der Waals surface area contributed by atoms with Crippen LogP contribution in [0.25, 0.3) is 10.9 Å². The summed E-state index contributed by atoms with van der Waals surface area (Å²) >= 11 is 0. The molecule has 2 N–H and O–H groups in total. The topological polar surface area (TPSA) is 37.0 Å². The third-order valence-corrected chi connectivity index (χ3v) is 3.93. The molecule has 1 aromatic heterocycles. The Hall–Kier alpha value is -1.48. The Morgan fingerprint density at radius 1 is 1.17 bits per heavy atom. The van der Waals surface area contributed by atoms with Crippen LogP contribution in [0, 0.1) is 0 Å². The van der Waals surface area contributed by atoms with Gasteiger partial charge in [-0.05, 0) is 49.9 Å². The molecule has 1 aliphatic carbocycles. The molecule has 3 nitrogen and oxygen atoms in total. The van der Waals surface area contributed by atoms with E-state index in [-0.39, 0.29) is 0 Å². The van der Waals surface area contributed by atoms with Gasteiger partial charge in [0, 0.05) is 35.9 Å². The lowest BCUT2D eigenvalue weighted by Crippen LogP contribution is -2.29. The predicted molar refractivity (Wildman–Crippen MR) is 75.0 cm³/mol. The lowest BCUT2D eigenvalue weighted by Gasteiger charge is -2.28. The van der Waals surface area contributed by atoms with Crippen molar-refractivity contribution in [3.8, 4) is 0 Å². The van der Waals surface area contributed by atoms with Gasteiger partial charge in [-0.2, -0.15) is 0 Å². The van der Waals surface area contributed by atoms with Gasteiger partial charge in [-0.3, -0.25) is 0 Å². The first kappa shape index (κ1) is 11.6. The number of ether oxygens (including phenoxy) is 1.